The van der Waals surface area contributed by atoms with Crippen molar-refractivity contribution in [1.82, 2.24) is 9.78 Å². The van der Waals surface area contributed by atoms with Crippen molar-refractivity contribution in [2.75, 3.05) is 5.32 Å². The van der Waals surface area contributed by atoms with Gasteiger partial charge >= 0.3 is 11.5 Å². The minimum atomic E-state index is -0.466. The van der Waals surface area contributed by atoms with Gasteiger partial charge in [-0.25, -0.2) is 19.9 Å². The number of aromatic nitrogens is 3. The molecule has 0 aliphatic carbocycles. The van der Waals surface area contributed by atoms with Gasteiger partial charge in [0.05, 0.1) is 17.9 Å². The van der Waals surface area contributed by atoms with Crippen LogP contribution >= 0.6 is 0 Å². The van der Waals surface area contributed by atoms with E-state index in [2.05, 4.69) is 15.4 Å². The Hall–Kier alpha value is -3.48. The second kappa shape index (κ2) is 5.62. The van der Waals surface area contributed by atoms with Gasteiger partial charge in [-0.15, -0.1) is 0 Å². The van der Waals surface area contributed by atoms with Crippen LogP contribution in [0.1, 0.15) is 0 Å². The van der Waals surface area contributed by atoms with E-state index >= 15 is 0 Å². The first-order chi connectivity index (χ1) is 11.7. The first kappa shape index (κ1) is 14.1. The lowest BCUT2D eigenvalue weighted by Crippen LogP contribution is -2.23. The van der Waals surface area contributed by atoms with Gasteiger partial charge in [0, 0.05) is 11.5 Å². The van der Waals surface area contributed by atoms with E-state index in [4.69, 9.17) is 4.42 Å². The third-order valence-electron chi connectivity index (χ3n) is 3.68. The molecule has 4 rings (SSSR count). The fourth-order valence-corrected chi connectivity index (χ4v) is 2.64. The van der Waals surface area contributed by atoms with Crippen LogP contribution in [0.25, 0.3) is 21.9 Å². The highest BCUT2D eigenvalue weighted by molar-refractivity contribution is 6.02. The molecule has 0 radical (unpaired) electrons. The van der Waals surface area contributed by atoms with Crippen molar-refractivity contribution >= 4 is 33.6 Å². The highest BCUT2D eigenvalue weighted by Crippen LogP contribution is 2.22. The van der Waals surface area contributed by atoms with E-state index in [0.717, 1.165) is 5.39 Å². The maximum Gasteiger partial charge on any atom is 0.347 e. The molecular formula is C17H13N4O3+. The molecule has 0 aliphatic heterocycles. The molecule has 7 nitrogen and oxygen atoms in total. The van der Waals surface area contributed by atoms with E-state index in [9.17, 15) is 9.59 Å². The van der Waals surface area contributed by atoms with Crippen LogP contribution in [0.15, 0.2) is 64.1 Å². The third kappa shape index (κ3) is 2.41. The predicted molar refractivity (Wildman–Crippen MR) is 87.4 cm³/mol. The SMILES string of the molecule is O=C(Cn1ncc2c(=O)oc3ccccc3c21)Nc1cccc[nH+]1. The molecule has 3 aromatic heterocycles. The monoisotopic (exact) mass is 321 g/mol. The molecule has 0 atom stereocenters. The molecule has 3 heterocycles. The molecule has 0 unspecified atom stereocenters. The first-order valence-corrected chi connectivity index (χ1v) is 7.36. The fourth-order valence-electron chi connectivity index (χ4n) is 2.64. The van der Waals surface area contributed by atoms with Gasteiger partial charge in [0.25, 0.3) is 5.82 Å². The van der Waals surface area contributed by atoms with Crippen LogP contribution in [0.5, 0.6) is 0 Å². The number of carbonyl (C=O) groups excluding carboxylic acids is 1. The molecule has 0 fully saturated rings. The number of fused-ring (bicyclic) bond motifs is 3. The smallest absolute Gasteiger partial charge is 0.347 e. The number of nitrogens with zero attached hydrogens (tertiary/aromatic N) is 2. The number of nitrogens with one attached hydrogen (secondary N) is 2. The lowest BCUT2D eigenvalue weighted by molar-refractivity contribution is -0.360. The molecule has 2 N–H and O–H groups in total. The normalized spacial score (nSPS) is 11.0. The van der Waals surface area contributed by atoms with Gasteiger partial charge in [-0.05, 0) is 18.2 Å². The number of para-hydroxylation sites is 1. The summed E-state index contributed by atoms with van der Waals surface area (Å²) in [4.78, 5) is 27.2. The topological polar surface area (TPSA) is 91.3 Å². The zero-order valence-corrected chi connectivity index (χ0v) is 12.5. The Labute approximate surface area is 135 Å². The zero-order chi connectivity index (χ0) is 16.5. The molecule has 0 bridgehead atoms. The average molecular weight is 321 g/mol. The number of anilines is 1. The molecular weight excluding hydrogens is 308 g/mol. The number of rotatable bonds is 3. The van der Waals surface area contributed by atoms with E-state index < -0.39 is 5.63 Å². The Kier molecular flexibility index (Phi) is 3.31. The van der Waals surface area contributed by atoms with Gasteiger partial charge in [-0.2, -0.15) is 5.10 Å². The molecule has 1 amide bonds. The number of H-pyrrole nitrogens is 1. The van der Waals surface area contributed by atoms with Crippen molar-refractivity contribution in [3.05, 3.63) is 65.3 Å². The van der Waals surface area contributed by atoms with E-state index in [1.165, 1.54) is 10.9 Å². The molecule has 0 spiro atoms. The Morgan fingerprint density at radius 3 is 2.83 bits per heavy atom. The Morgan fingerprint density at radius 1 is 1.17 bits per heavy atom. The number of benzene rings is 1. The lowest BCUT2D eigenvalue weighted by Gasteiger charge is -2.03. The minimum absolute atomic E-state index is 0.0142. The maximum absolute atomic E-state index is 12.3. The van der Waals surface area contributed by atoms with Crippen LogP contribution in [0.2, 0.25) is 0 Å². The van der Waals surface area contributed by atoms with Gasteiger partial charge in [0.15, 0.2) is 0 Å². The molecule has 0 saturated carbocycles. The van der Waals surface area contributed by atoms with Crippen molar-refractivity contribution in [3.8, 4) is 0 Å². The largest absolute Gasteiger partial charge is 0.422 e. The average Bonchev–Trinajstić information content (AvgIpc) is 3.00. The van der Waals surface area contributed by atoms with Crippen molar-refractivity contribution in [2.45, 2.75) is 6.54 Å². The van der Waals surface area contributed by atoms with Gasteiger partial charge in [0.2, 0.25) is 0 Å². The summed E-state index contributed by atoms with van der Waals surface area (Å²) < 4.78 is 6.78. The summed E-state index contributed by atoms with van der Waals surface area (Å²) in [5, 5.41) is 8.02. The van der Waals surface area contributed by atoms with E-state index in [1.54, 1.807) is 24.4 Å². The van der Waals surface area contributed by atoms with Gasteiger partial charge in [0.1, 0.15) is 17.5 Å². The summed E-state index contributed by atoms with van der Waals surface area (Å²) >= 11 is 0. The van der Waals surface area contributed by atoms with Crippen LogP contribution in [0.3, 0.4) is 0 Å². The molecule has 118 valence electrons. The number of aromatic amines is 1. The molecule has 0 aliphatic rings. The van der Waals surface area contributed by atoms with Crippen LogP contribution in [0.4, 0.5) is 5.82 Å². The third-order valence-corrected chi connectivity index (χ3v) is 3.68. The van der Waals surface area contributed by atoms with E-state index in [-0.39, 0.29) is 12.5 Å². The standard InChI is InChI=1S/C17H12N4O3/c22-15(20-14-7-3-4-8-18-14)10-21-16-11-5-1-2-6-13(11)24-17(23)12(16)9-19-21/h1-9H,10H2,(H,18,20,22)/p+1. The Bertz CT molecular complexity index is 1100. The summed E-state index contributed by atoms with van der Waals surface area (Å²) in [7, 11) is 0. The van der Waals surface area contributed by atoms with Crippen molar-refractivity contribution in [3.63, 3.8) is 0 Å². The van der Waals surface area contributed by atoms with Crippen molar-refractivity contribution in [1.29, 1.82) is 0 Å². The number of carbonyl (C=O) groups is 1. The number of hydrogen-bond acceptors (Lipinski definition) is 4. The summed E-state index contributed by atoms with van der Waals surface area (Å²) in [6, 6.07) is 12.6. The summed E-state index contributed by atoms with van der Waals surface area (Å²) in [5.41, 5.74) is 0.592. The van der Waals surface area contributed by atoms with Gasteiger partial charge < -0.3 is 4.42 Å². The molecule has 7 heteroatoms. The van der Waals surface area contributed by atoms with Gasteiger partial charge in [-0.1, -0.05) is 18.2 Å². The Balaban J connectivity index is 1.75. The van der Waals surface area contributed by atoms with Gasteiger partial charge in [-0.3, -0.25) is 4.68 Å². The molecule has 24 heavy (non-hydrogen) atoms. The first-order valence-electron chi connectivity index (χ1n) is 7.36. The van der Waals surface area contributed by atoms with Crippen LogP contribution < -0.4 is 15.9 Å². The van der Waals surface area contributed by atoms with Crippen LogP contribution in [-0.4, -0.2) is 15.7 Å². The summed E-state index contributed by atoms with van der Waals surface area (Å²) in [6.07, 6.45) is 3.15. The molecule has 0 saturated heterocycles. The number of amides is 1. The molecule has 4 aromatic rings. The van der Waals surface area contributed by atoms with Crippen molar-refractivity contribution < 1.29 is 14.2 Å². The lowest BCUT2D eigenvalue weighted by atomic mass is 10.2. The quantitative estimate of drug-likeness (QED) is 0.580. The van der Waals surface area contributed by atoms with Crippen LogP contribution in [0, 0.1) is 0 Å². The number of pyridine rings is 1. The van der Waals surface area contributed by atoms with Crippen LogP contribution in [-0.2, 0) is 11.3 Å². The highest BCUT2D eigenvalue weighted by atomic mass is 16.4. The maximum atomic E-state index is 12.3. The summed E-state index contributed by atoms with van der Waals surface area (Å²) in [5.74, 6) is 0.336. The zero-order valence-electron chi connectivity index (χ0n) is 12.5. The highest BCUT2D eigenvalue weighted by Gasteiger charge is 2.17. The van der Waals surface area contributed by atoms with E-state index in [0.29, 0.717) is 22.3 Å². The fraction of sp³-hybridized carbons (Fsp3) is 0.0588. The second-order valence-electron chi connectivity index (χ2n) is 5.27. The Morgan fingerprint density at radius 2 is 2.00 bits per heavy atom. The molecule has 1 aromatic carbocycles. The van der Waals surface area contributed by atoms with Crippen molar-refractivity contribution in [2.24, 2.45) is 0 Å². The predicted octanol–water partition coefficient (Wildman–Crippen LogP) is 1.60. The second-order valence-corrected chi connectivity index (χ2v) is 5.27. The number of hydrogen-bond donors (Lipinski definition) is 1. The summed E-state index contributed by atoms with van der Waals surface area (Å²) in [6.45, 7) is -0.0142. The minimum Gasteiger partial charge on any atom is -0.422 e. The van der Waals surface area contributed by atoms with E-state index in [1.807, 2.05) is 24.3 Å².